The van der Waals surface area contributed by atoms with Gasteiger partial charge in [-0.05, 0) is 37.1 Å². The summed E-state index contributed by atoms with van der Waals surface area (Å²) in [5.41, 5.74) is 5.64. The van der Waals surface area contributed by atoms with Crippen LogP contribution in [0.1, 0.15) is 38.2 Å². The van der Waals surface area contributed by atoms with Crippen molar-refractivity contribution in [3.8, 4) is 5.75 Å². The second-order valence-corrected chi connectivity index (χ2v) is 5.67. The number of rotatable bonds is 7. The summed E-state index contributed by atoms with van der Waals surface area (Å²) in [6.45, 7) is 3.83. The molecule has 2 amide bonds. The van der Waals surface area contributed by atoms with Crippen molar-refractivity contribution in [1.82, 2.24) is 10.9 Å². The van der Waals surface area contributed by atoms with Crippen LogP contribution in [0.2, 0.25) is 0 Å². The molecule has 1 rings (SSSR count). The van der Waals surface area contributed by atoms with E-state index in [1.54, 1.807) is 6.07 Å². The van der Waals surface area contributed by atoms with Crippen LogP contribution >= 0.6 is 15.9 Å². The van der Waals surface area contributed by atoms with Gasteiger partial charge in [0.1, 0.15) is 5.75 Å². The fourth-order valence-corrected chi connectivity index (χ4v) is 2.17. The van der Waals surface area contributed by atoms with E-state index >= 15 is 0 Å². The molecule has 0 saturated carbocycles. The molecule has 0 fully saturated rings. The van der Waals surface area contributed by atoms with Crippen molar-refractivity contribution in [2.75, 3.05) is 6.61 Å². The van der Waals surface area contributed by atoms with Crippen molar-refractivity contribution < 1.29 is 14.3 Å². The molecule has 116 valence electrons. The lowest BCUT2D eigenvalue weighted by molar-refractivity contribution is -0.130. The number of amides is 2. The second kappa shape index (κ2) is 9.39. The number of benzene rings is 1. The smallest absolute Gasteiger partial charge is 0.276 e. The maximum absolute atomic E-state index is 11.6. The molecule has 6 heteroatoms. The largest absolute Gasteiger partial charge is 0.483 e. The van der Waals surface area contributed by atoms with Crippen LogP contribution < -0.4 is 15.6 Å². The highest BCUT2D eigenvalue weighted by molar-refractivity contribution is 9.10. The fraction of sp³-hybridized carbons (Fsp3) is 0.467. The highest BCUT2D eigenvalue weighted by atomic mass is 79.9. The Hall–Kier alpha value is -1.56. The molecule has 0 unspecified atom stereocenters. The monoisotopic (exact) mass is 356 g/mol. The van der Waals surface area contributed by atoms with Crippen molar-refractivity contribution in [2.45, 2.75) is 39.5 Å². The maximum Gasteiger partial charge on any atom is 0.276 e. The number of carbonyl (C=O) groups excluding carboxylic acids is 2. The zero-order chi connectivity index (χ0) is 15.7. The molecule has 0 aromatic heterocycles. The molecule has 0 saturated heterocycles. The lowest BCUT2D eigenvalue weighted by Gasteiger charge is -2.10. The normalized spacial score (nSPS) is 10.0. The van der Waals surface area contributed by atoms with E-state index in [2.05, 4.69) is 33.7 Å². The molecular weight excluding hydrogens is 336 g/mol. The lowest BCUT2D eigenvalue weighted by atomic mass is 10.2. The third kappa shape index (κ3) is 7.13. The van der Waals surface area contributed by atoms with Crippen molar-refractivity contribution in [1.29, 1.82) is 0 Å². The van der Waals surface area contributed by atoms with Gasteiger partial charge in [-0.3, -0.25) is 20.4 Å². The minimum absolute atomic E-state index is 0.141. The SMILES string of the molecule is CCCCCC(=O)NNC(=O)COc1ccc(Br)cc1C. The van der Waals surface area contributed by atoms with Crippen LogP contribution in [0.25, 0.3) is 0 Å². The van der Waals surface area contributed by atoms with Gasteiger partial charge in [-0.1, -0.05) is 35.7 Å². The number of hydrogen-bond donors (Lipinski definition) is 2. The number of hydrogen-bond acceptors (Lipinski definition) is 3. The summed E-state index contributed by atoms with van der Waals surface area (Å²) in [4.78, 5) is 23.0. The van der Waals surface area contributed by atoms with Crippen molar-refractivity contribution in [3.63, 3.8) is 0 Å². The average Bonchev–Trinajstić information content (AvgIpc) is 2.44. The van der Waals surface area contributed by atoms with E-state index in [4.69, 9.17) is 4.74 Å². The first-order chi connectivity index (χ1) is 10.0. The van der Waals surface area contributed by atoms with Gasteiger partial charge in [0.2, 0.25) is 5.91 Å². The number of nitrogens with one attached hydrogen (secondary N) is 2. The summed E-state index contributed by atoms with van der Waals surface area (Å²) in [5, 5.41) is 0. The predicted octanol–water partition coefficient (Wildman–Crippen LogP) is 2.86. The number of unbranched alkanes of at least 4 members (excludes halogenated alkanes) is 2. The molecule has 0 radical (unpaired) electrons. The third-order valence-electron chi connectivity index (χ3n) is 2.84. The van der Waals surface area contributed by atoms with Gasteiger partial charge in [0.15, 0.2) is 6.61 Å². The minimum atomic E-state index is -0.388. The molecule has 5 nitrogen and oxygen atoms in total. The molecule has 0 aliphatic rings. The van der Waals surface area contributed by atoms with Gasteiger partial charge < -0.3 is 4.74 Å². The Labute approximate surface area is 133 Å². The quantitative estimate of drug-likeness (QED) is 0.583. The number of aryl methyl sites for hydroxylation is 1. The molecule has 0 aliphatic heterocycles. The van der Waals surface area contributed by atoms with Crippen LogP contribution in [0, 0.1) is 6.92 Å². The van der Waals surface area contributed by atoms with Gasteiger partial charge in [-0.2, -0.15) is 0 Å². The molecule has 0 atom stereocenters. The minimum Gasteiger partial charge on any atom is -0.483 e. The molecule has 0 heterocycles. The molecule has 21 heavy (non-hydrogen) atoms. The van der Waals surface area contributed by atoms with Crippen LogP contribution in [0.5, 0.6) is 5.75 Å². The molecule has 0 aliphatic carbocycles. The molecular formula is C15H21BrN2O3. The average molecular weight is 357 g/mol. The summed E-state index contributed by atoms with van der Waals surface area (Å²) in [6, 6.07) is 5.54. The van der Waals surface area contributed by atoms with Crippen LogP contribution in [0.15, 0.2) is 22.7 Å². The first-order valence-corrected chi connectivity index (χ1v) is 7.79. The Morgan fingerprint density at radius 3 is 2.57 bits per heavy atom. The number of ether oxygens (including phenoxy) is 1. The fourth-order valence-electron chi connectivity index (χ4n) is 1.69. The first kappa shape index (κ1) is 17.5. The van der Waals surface area contributed by atoms with E-state index in [1.807, 2.05) is 19.1 Å². The lowest BCUT2D eigenvalue weighted by Crippen LogP contribution is -2.43. The van der Waals surface area contributed by atoms with Gasteiger partial charge in [0, 0.05) is 10.9 Å². The van der Waals surface area contributed by atoms with Crippen LogP contribution in [-0.4, -0.2) is 18.4 Å². The van der Waals surface area contributed by atoms with Gasteiger partial charge in [-0.15, -0.1) is 0 Å². The summed E-state index contributed by atoms with van der Waals surface area (Å²) in [6.07, 6.45) is 3.31. The van der Waals surface area contributed by atoms with E-state index < -0.39 is 0 Å². The summed E-state index contributed by atoms with van der Waals surface area (Å²) < 4.78 is 6.35. The van der Waals surface area contributed by atoms with Gasteiger partial charge in [-0.25, -0.2) is 0 Å². The van der Waals surface area contributed by atoms with E-state index in [-0.39, 0.29) is 18.4 Å². The second-order valence-electron chi connectivity index (χ2n) is 4.75. The highest BCUT2D eigenvalue weighted by Crippen LogP contribution is 2.21. The molecule has 0 spiro atoms. The van der Waals surface area contributed by atoms with Gasteiger partial charge in [0.05, 0.1) is 0 Å². The molecule has 0 bridgehead atoms. The zero-order valence-corrected chi connectivity index (χ0v) is 14.0. The number of hydrazine groups is 1. The van der Waals surface area contributed by atoms with Crippen LogP contribution in [0.4, 0.5) is 0 Å². The summed E-state index contributed by atoms with van der Waals surface area (Å²) in [5.74, 6) is 0.0698. The van der Waals surface area contributed by atoms with Crippen molar-refractivity contribution in [2.24, 2.45) is 0 Å². The van der Waals surface area contributed by atoms with E-state index in [0.717, 1.165) is 29.3 Å². The Balaban J connectivity index is 2.26. The standard InChI is InChI=1S/C15H21BrN2O3/c1-3-4-5-6-14(19)17-18-15(20)10-21-13-8-7-12(16)9-11(13)2/h7-9H,3-6,10H2,1-2H3,(H,17,19)(H,18,20). The van der Waals surface area contributed by atoms with E-state index in [0.29, 0.717) is 12.2 Å². The van der Waals surface area contributed by atoms with E-state index in [1.165, 1.54) is 0 Å². The Bertz CT molecular complexity index is 492. The van der Waals surface area contributed by atoms with Crippen LogP contribution in [-0.2, 0) is 9.59 Å². The predicted molar refractivity (Wildman–Crippen MR) is 84.8 cm³/mol. The van der Waals surface area contributed by atoms with E-state index in [9.17, 15) is 9.59 Å². The van der Waals surface area contributed by atoms with Crippen molar-refractivity contribution in [3.05, 3.63) is 28.2 Å². The topological polar surface area (TPSA) is 67.4 Å². The first-order valence-electron chi connectivity index (χ1n) is 6.99. The Morgan fingerprint density at radius 2 is 1.90 bits per heavy atom. The summed E-state index contributed by atoms with van der Waals surface area (Å²) >= 11 is 3.36. The number of carbonyl (C=O) groups is 2. The number of halogens is 1. The Morgan fingerprint density at radius 1 is 1.19 bits per heavy atom. The zero-order valence-electron chi connectivity index (χ0n) is 12.4. The van der Waals surface area contributed by atoms with Gasteiger partial charge in [0.25, 0.3) is 5.91 Å². The molecule has 2 N–H and O–H groups in total. The Kier molecular flexibility index (Phi) is 7.82. The van der Waals surface area contributed by atoms with Crippen LogP contribution in [0.3, 0.4) is 0 Å². The van der Waals surface area contributed by atoms with Crippen molar-refractivity contribution >= 4 is 27.7 Å². The maximum atomic E-state index is 11.6. The molecule has 1 aromatic rings. The molecule has 1 aromatic carbocycles. The third-order valence-corrected chi connectivity index (χ3v) is 3.34. The summed E-state index contributed by atoms with van der Waals surface area (Å²) in [7, 11) is 0. The van der Waals surface area contributed by atoms with Gasteiger partial charge >= 0.3 is 0 Å². The highest BCUT2D eigenvalue weighted by Gasteiger charge is 2.07.